The summed E-state index contributed by atoms with van der Waals surface area (Å²) in [5, 5.41) is 0. The molecule has 0 aromatic heterocycles. The molecule has 1 fully saturated rings. The molecule has 0 atom stereocenters. The molecule has 0 unspecified atom stereocenters. The highest BCUT2D eigenvalue weighted by atomic mass is 19.3. The molecule has 0 heterocycles. The van der Waals surface area contributed by atoms with Crippen LogP contribution in [-0.4, -0.2) is 18.5 Å². The Balaban J connectivity index is 2.30. The summed E-state index contributed by atoms with van der Waals surface area (Å²) in [6, 6.07) is 0. The Labute approximate surface area is 63.5 Å². The van der Waals surface area contributed by atoms with Crippen molar-refractivity contribution >= 4 is 6.47 Å². The van der Waals surface area contributed by atoms with E-state index < -0.39 is 5.92 Å². The van der Waals surface area contributed by atoms with Gasteiger partial charge in [0.15, 0.2) is 0 Å². The predicted molar refractivity (Wildman–Crippen MR) is 34.0 cm³/mol. The van der Waals surface area contributed by atoms with Crippen molar-refractivity contribution in [2.24, 2.45) is 0 Å². The van der Waals surface area contributed by atoms with E-state index in [0.29, 0.717) is 0 Å². The quantitative estimate of drug-likeness (QED) is 0.618. The summed E-state index contributed by atoms with van der Waals surface area (Å²) in [5.41, 5.74) is 0. The van der Waals surface area contributed by atoms with Crippen LogP contribution in [0.5, 0.6) is 0 Å². The van der Waals surface area contributed by atoms with E-state index in [1.54, 1.807) is 0 Å². The van der Waals surface area contributed by atoms with Crippen molar-refractivity contribution in [3.8, 4) is 0 Å². The largest absolute Gasteiger partial charge is 0.454 e. The normalized spacial score (nSPS) is 24.5. The summed E-state index contributed by atoms with van der Waals surface area (Å²) in [4.78, 5) is 9.70. The van der Waals surface area contributed by atoms with Gasteiger partial charge < -0.3 is 4.74 Å². The summed E-state index contributed by atoms with van der Waals surface area (Å²) in [6.45, 7) is 1.27. The van der Waals surface area contributed by atoms with Gasteiger partial charge in [-0.05, 0) is 12.8 Å². The molecule has 0 saturated heterocycles. The van der Waals surface area contributed by atoms with Crippen molar-refractivity contribution in [1.29, 1.82) is 0 Å². The molecule has 1 saturated carbocycles. The molecule has 2 nitrogen and oxygen atoms in total. The second-order valence-electron chi connectivity index (χ2n) is 2.76. The lowest BCUT2D eigenvalue weighted by molar-refractivity contribution is -0.0606. The number of carbonyl (C=O) groups excluding carboxylic acids is 1. The SMILES string of the molecule is O=[C]OC1CCC(F)(F)CC1. The third-order valence-corrected chi connectivity index (χ3v) is 1.88. The van der Waals surface area contributed by atoms with Gasteiger partial charge >= 0.3 is 6.47 Å². The van der Waals surface area contributed by atoms with Gasteiger partial charge in [-0.1, -0.05) is 0 Å². The minimum absolute atomic E-state index is 0.181. The van der Waals surface area contributed by atoms with Crippen LogP contribution in [-0.2, 0) is 9.53 Å². The van der Waals surface area contributed by atoms with Crippen LogP contribution < -0.4 is 0 Å². The molecule has 0 aromatic carbocycles. The molecule has 63 valence electrons. The molecule has 11 heavy (non-hydrogen) atoms. The highest BCUT2D eigenvalue weighted by Crippen LogP contribution is 2.33. The van der Waals surface area contributed by atoms with Crippen molar-refractivity contribution in [3.63, 3.8) is 0 Å². The summed E-state index contributed by atoms with van der Waals surface area (Å²) >= 11 is 0. The van der Waals surface area contributed by atoms with Gasteiger partial charge in [-0.25, -0.2) is 13.6 Å². The van der Waals surface area contributed by atoms with E-state index in [1.807, 2.05) is 0 Å². The zero-order valence-electron chi connectivity index (χ0n) is 5.98. The van der Waals surface area contributed by atoms with Gasteiger partial charge in [-0.3, -0.25) is 0 Å². The molecule has 0 N–H and O–H groups in total. The van der Waals surface area contributed by atoms with Crippen LogP contribution in [0.4, 0.5) is 8.78 Å². The van der Waals surface area contributed by atoms with Gasteiger partial charge in [0.25, 0.3) is 0 Å². The Hall–Kier alpha value is -0.670. The average molecular weight is 163 g/mol. The molecule has 1 aliphatic rings. The highest BCUT2D eigenvalue weighted by Gasteiger charge is 2.35. The van der Waals surface area contributed by atoms with E-state index in [4.69, 9.17) is 0 Å². The Kier molecular flexibility index (Phi) is 2.42. The molecule has 1 rings (SSSR count). The fourth-order valence-corrected chi connectivity index (χ4v) is 1.20. The van der Waals surface area contributed by atoms with Crippen LogP contribution in [0.1, 0.15) is 25.7 Å². The van der Waals surface area contributed by atoms with Crippen LogP contribution in [0.3, 0.4) is 0 Å². The zero-order chi connectivity index (χ0) is 8.32. The Morgan fingerprint density at radius 2 is 1.91 bits per heavy atom. The monoisotopic (exact) mass is 163 g/mol. The second kappa shape index (κ2) is 3.15. The molecule has 0 aromatic rings. The average Bonchev–Trinajstić information content (AvgIpc) is 1.94. The minimum Gasteiger partial charge on any atom is -0.454 e. The first kappa shape index (κ1) is 8.43. The first-order valence-electron chi connectivity index (χ1n) is 3.55. The summed E-state index contributed by atoms with van der Waals surface area (Å²) in [5.74, 6) is -2.55. The Morgan fingerprint density at radius 1 is 1.36 bits per heavy atom. The molecule has 1 radical (unpaired) electrons. The number of ether oxygens (including phenoxy) is 1. The van der Waals surface area contributed by atoms with Crippen molar-refractivity contribution in [3.05, 3.63) is 0 Å². The lowest BCUT2D eigenvalue weighted by Crippen LogP contribution is -2.28. The van der Waals surface area contributed by atoms with Crippen LogP contribution in [0.15, 0.2) is 0 Å². The number of hydrogen-bond donors (Lipinski definition) is 0. The molecular formula is C7H9F2O2. The third-order valence-electron chi connectivity index (χ3n) is 1.88. The standard InChI is InChI=1S/C7H9F2O2/c8-7(9)3-1-6(2-4-7)11-5-10/h6H,1-4H2. The number of rotatable bonds is 2. The van der Waals surface area contributed by atoms with Crippen molar-refractivity contribution in [1.82, 2.24) is 0 Å². The molecule has 1 aliphatic carbocycles. The fraction of sp³-hybridized carbons (Fsp3) is 0.857. The lowest BCUT2D eigenvalue weighted by Gasteiger charge is -2.26. The first-order chi connectivity index (χ1) is 5.14. The van der Waals surface area contributed by atoms with Gasteiger partial charge in [0, 0.05) is 12.8 Å². The van der Waals surface area contributed by atoms with Gasteiger partial charge in [-0.2, -0.15) is 0 Å². The molecule has 0 aliphatic heterocycles. The maximum Gasteiger partial charge on any atom is 0.417 e. The van der Waals surface area contributed by atoms with E-state index in [1.165, 1.54) is 6.47 Å². The van der Waals surface area contributed by atoms with Gasteiger partial charge in [0.2, 0.25) is 5.92 Å². The van der Waals surface area contributed by atoms with Gasteiger partial charge in [0.05, 0.1) is 0 Å². The fourth-order valence-electron chi connectivity index (χ4n) is 1.20. The van der Waals surface area contributed by atoms with E-state index in [9.17, 15) is 13.6 Å². The van der Waals surface area contributed by atoms with Crippen LogP contribution in [0.2, 0.25) is 0 Å². The van der Waals surface area contributed by atoms with E-state index >= 15 is 0 Å². The number of alkyl halides is 2. The maximum absolute atomic E-state index is 12.5. The Bertz CT molecular complexity index is 137. The predicted octanol–water partition coefficient (Wildman–Crippen LogP) is 1.65. The zero-order valence-corrected chi connectivity index (χ0v) is 5.98. The third kappa shape index (κ3) is 2.44. The van der Waals surface area contributed by atoms with Gasteiger partial charge in [0.1, 0.15) is 6.10 Å². The topological polar surface area (TPSA) is 26.3 Å². The highest BCUT2D eigenvalue weighted by molar-refractivity contribution is 5.38. The summed E-state index contributed by atoms with van der Waals surface area (Å²) in [6.07, 6.45) is -0.199. The van der Waals surface area contributed by atoms with Crippen LogP contribution >= 0.6 is 0 Å². The number of hydrogen-bond acceptors (Lipinski definition) is 2. The first-order valence-corrected chi connectivity index (χ1v) is 3.55. The lowest BCUT2D eigenvalue weighted by atomic mass is 9.94. The molecule has 0 bridgehead atoms. The van der Waals surface area contributed by atoms with Crippen molar-refractivity contribution in [2.75, 3.05) is 0 Å². The molecular weight excluding hydrogens is 154 g/mol. The molecule has 4 heteroatoms. The summed E-state index contributed by atoms with van der Waals surface area (Å²) < 4.78 is 29.4. The smallest absolute Gasteiger partial charge is 0.417 e. The number of halogens is 2. The molecule has 0 spiro atoms. The second-order valence-corrected chi connectivity index (χ2v) is 2.76. The Morgan fingerprint density at radius 3 is 2.36 bits per heavy atom. The van der Waals surface area contributed by atoms with Crippen molar-refractivity contribution in [2.45, 2.75) is 37.7 Å². The summed E-state index contributed by atoms with van der Waals surface area (Å²) in [7, 11) is 0. The van der Waals surface area contributed by atoms with Gasteiger partial charge in [-0.15, -0.1) is 0 Å². The van der Waals surface area contributed by atoms with Crippen molar-refractivity contribution < 1.29 is 18.3 Å². The van der Waals surface area contributed by atoms with Crippen LogP contribution in [0.25, 0.3) is 0 Å². The van der Waals surface area contributed by atoms with E-state index in [2.05, 4.69) is 4.74 Å². The van der Waals surface area contributed by atoms with Crippen LogP contribution in [0, 0.1) is 0 Å². The molecule has 0 amide bonds. The maximum atomic E-state index is 12.5. The van der Waals surface area contributed by atoms with E-state index in [0.717, 1.165) is 0 Å². The minimum atomic E-state index is -2.55. The van der Waals surface area contributed by atoms with E-state index in [-0.39, 0.29) is 31.8 Å².